The first-order chi connectivity index (χ1) is 17.3. The fourth-order valence-corrected chi connectivity index (χ4v) is 4.90. The number of hydrogen-bond acceptors (Lipinski definition) is 3. The molecule has 3 aromatic carbocycles. The molecule has 3 rings (SSSR count). The Labute approximate surface area is 228 Å². The van der Waals surface area contributed by atoms with Gasteiger partial charge in [0.1, 0.15) is 6.04 Å². The Bertz CT molecular complexity index is 1120. The fraction of sp³-hybridized carbons (Fsp3) is 0.310. The number of benzene rings is 3. The maximum atomic E-state index is 13.6. The molecule has 1 atom stereocenters. The zero-order chi connectivity index (χ0) is 25.9. The highest BCUT2D eigenvalue weighted by molar-refractivity contribution is 7.99. The van der Waals surface area contributed by atoms with Crippen LogP contribution in [0.2, 0.25) is 10.0 Å². The van der Waals surface area contributed by atoms with Crippen molar-refractivity contribution >= 4 is 46.8 Å². The second kappa shape index (κ2) is 14.3. The van der Waals surface area contributed by atoms with E-state index < -0.39 is 6.04 Å². The van der Waals surface area contributed by atoms with E-state index in [1.165, 1.54) is 11.8 Å². The Kier molecular flexibility index (Phi) is 11.2. The monoisotopic (exact) mass is 542 g/mol. The van der Waals surface area contributed by atoms with E-state index in [0.717, 1.165) is 16.7 Å². The highest BCUT2D eigenvalue weighted by Gasteiger charge is 2.30. The van der Waals surface area contributed by atoms with Crippen molar-refractivity contribution in [3.63, 3.8) is 0 Å². The summed E-state index contributed by atoms with van der Waals surface area (Å²) in [4.78, 5) is 28.8. The lowest BCUT2D eigenvalue weighted by Crippen LogP contribution is -2.51. The Balaban J connectivity index is 1.84. The average molecular weight is 544 g/mol. The van der Waals surface area contributed by atoms with Crippen molar-refractivity contribution in [2.45, 2.75) is 38.6 Å². The zero-order valence-corrected chi connectivity index (χ0v) is 23.0. The van der Waals surface area contributed by atoms with Gasteiger partial charge in [-0.2, -0.15) is 0 Å². The molecule has 0 spiro atoms. The van der Waals surface area contributed by atoms with Crippen molar-refractivity contribution in [1.29, 1.82) is 0 Å². The highest BCUT2D eigenvalue weighted by Crippen LogP contribution is 2.22. The van der Waals surface area contributed by atoms with Gasteiger partial charge in [-0.05, 0) is 40.8 Å². The molecule has 0 aliphatic rings. The molecule has 0 unspecified atom stereocenters. The molecule has 0 radical (unpaired) electrons. The maximum Gasteiger partial charge on any atom is 0.243 e. The van der Waals surface area contributed by atoms with Crippen LogP contribution in [0.1, 0.15) is 30.5 Å². The number of amides is 2. The lowest BCUT2D eigenvalue weighted by atomic mass is 10.0. The van der Waals surface area contributed by atoms with Gasteiger partial charge < -0.3 is 10.2 Å². The maximum absolute atomic E-state index is 13.6. The van der Waals surface area contributed by atoms with Gasteiger partial charge in [0.25, 0.3) is 0 Å². The van der Waals surface area contributed by atoms with Crippen LogP contribution in [0.4, 0.5) is 0 Å². The van der Waals surface area contributed by atoms with Crippen LogP contribution < -0.4 is 5.32 Å². The van der Waals surface area contributed by atoms with Crippen LogP contribution in [0.3, 0.4) is 0 Å². The molecule has 3 aromatic rings. The summed E-state index contributed by atoms with van der Waals surface area (Å²) in [5.41, 5.74) is 2.89. The number of halogens is 2. The van der Waals surface area contributed by atoms with Gasteiger partial charge in [0.05, 0.1) is 5.75 Å². The normalized spacial score (nSPS) is 11.8. The third kappa shape index (κ3) is 8.88. The minimum atomic E-state index is -0.661. The Hall–Kier alpha value is -2.47. The highest BCUT2D eigenvalue weighted by atomic mass is 35.5. The van der Waals surface area contributed by atoms with Crippen LogP contribution >= 0.6 is 35.0 Å². The third-order valence-corrected chi connectivity index (χ3v) is 7.27. The molecule has 0 aliphatic carbocycles. The van der Waals surface area contributed by atoms with Crippen molar-refractivity contribution in [3.8, 4) is 0 Å². The molecule has 0 aromatic heterocycles. The molecule has 2 amide bonds. The summed E-state index contributed by atoms with van der Waals surface area (Å²) < 4.78 is 0. The number of nitrogens with one attached hydrogen (secondary N) is 1. The summed E-state index contributed by atoms with van der Waals surface area (Å²) in [6, 6.07) is 24.2. The molecule has 4 nitrogen and oxygen atoms in total. The SMILES string of the molecule is CC(C)CNC(=O)[C@H](Cc1ccccc1)N(Cc1ccccc1Cl)C(=O)CSCc1ccc(Cl)cc1. The number of rotatable bonds is 12. The van der Waals surface area contributed by atoms with Gasteiger partial charge >= 0.3 is 0 Å². The van der Waals surface area contributed by atoms with E-state index in [1.54, 1.807) is 11.0 Å². The lowest BCUT2D eigenvalue weighted by molar-refractivity contribution is -0.139. The molecule has 0 heterocycles. The average Bonchev–Trinajstić information content (AvgIpc) is 2.87. The lowest BCUT2D eigenvalue weighted by Gasteiger charge is -2.32. The molecule has 0 saturated carbocycles. The standard InChI is InChI=1S/C29H32Cl2N2O2S/c1-21(2)17-32-29(35)27(16-22-8-4-3-5-9-22)33(18-24-10-6-7-11-26(24)31)28(34)20-36-19-23-12-14-25(30)15-13-23/h3-15,21,27H,16-20H2,1-2H3,(H,32,35)/t27-/m0/s1. The van der Waals surface area contributed by atoms with E-state index in [9.17, 15) is 9.59 Å². The van der Waals surface area contributed by atoms with E-state index in [4.69, 9.17) is 23.2 Å². The molecule has 7 heteroatoms. The summed E-state index contributed by atoms with van der Waals surface area (Å²) >= 11 is 14.0. The summed E-state index contributed by atoms with van der Waals surface area (Å²) in [7, 11) is 0. The summed E-state index contributed by atoms with van der Waals surface area (Å²) in [6.45, 7) is 4.90. The third-order valence-electron chi connectivity index (χ3n) is 5.66. The van der Waals surface area contributed by atoms with Gasteiger partial charge in [0.15, 0.2) is 0 Å². The van der Waals surface area contributed by atoms with Gasteiger partial charge in [-0.1, -0.05) is 97.7 Å². The van der Waals surface area contributed by atoms with Gasteiger partial charge in [0, 0.05) is 35.3 Å². The molecule has 0 aliphatic heterocycles. The molecular formula is C29H32Cl2N2O2S. The zero-order valence-electron chi connectivity index (χ0n) is 20.6. The first-order valence-electron chi connectivity index (χ1n) is 12.0. The van der Waals surface area contributed by atoms with E-state index >= 15 is 0 Å². The number of carbonyl (C=O) groups is 2. The van der Waals surface area contributed by atoms with Crippen molar-refractivity contribution in [3.05, 3.63) is 106 Å². The predicted molar refractivity (Wildman–Crippen MR) is 151 cm³/mol. The smallest absolute Gasteiger partial charge is 0.243 e. The summed E-state index contributed by atoms with van der Waals surface area (Å²) in [6.07, 6.45) is 0.419. The van der Waals surface area contributed by atoms with Crippen molar-refractivity contribution in [2.75, 3.05) is 12.3 Å². The van der Waals surface area contributed by atoms with Crippen LogP contribution in [-0.2, 0) is 28.3 Å². The topological polar surface area (TPSA) is 49.4 Å². The van der Waals surface area contributed by atoms with Crippen LogP contribution in [0.5, 0.6) is 0 Å². The molecule has 0 bridgehead atoms. The van der Waals surface area contributed by atoms with Crippen LogP contribution in [0, 0.1) is 5.92 Å². The van der Waals surface area contributed by atoms with E-state index in [1.807, 2.05) is 86.6 Å². The first kappa shape index (κ1) is 28.1. The number of nitrogens with zero attached hydrogens (tertiary/aromatic N) is 1. The first-order valence-corrected chi connectivity index (χ1v) is 13.9. The Morgan fingerprint density at radius 1 is 0.889 bits per heavy atom. The van der Waals surface area contributed by atoms with Gasteiger partial charge in [-0.25, -0.2) is 0 Å². The van der Waals surface area contributed by atoms with E-state index in [-0.39, 0.29) is 24.1 Å². The van der Waals surface area contributed by atoms with E-state index in [2.05, 4.69) is 5.32 Å². The molecule has 0 saturated heterocycles. The van der Waals surface area contributed by atoms with Crippen LogP contribution in [0.15, 0.2) is 78.9 Å². The number of hydrogen-bond donors (Lipinski definition) is 1. The molecule has 0 fully saturated rings. The second-order valence-electron chi connectivity index (χ2n) is 9.08. The minimum Gasteiger partial charge on any atom is -0.354 e. The quantitative estimate of drug-likeness (QED) is 0.279. The van der Waals surface area contributed by atoms with Crippen molar-refractivity contribution in [2.24, 2.45) is 5.92 Å². The Morgan fingerprint density at radius 3 is 2.22 bits per heavy atom. The van der Waals surface area contributed by atoms with Gasteiger partial charge in [-0.3, -0.25) is 9.59 Å². The number of carbonyl (C=O) groups excluding carboxylic acids is 2. The minimum absolute atomic E-state index is 0.102. The van der Waals surface area contributed by atoms with Gasteiger partial charge in [-0.15, -0.1) is 11.8 Å². The second-order valence-corrected chi connectivity index (χ2v) is 10.9. The summed E-state index contributed by atoms with van der Waals surface area (Å²) in [5.74, 6) is 0.959. The predicted octanol–water partition coefficient (Wildman–Crippen LogP) is 6.64. The van der Waals surface area contributed by atoms with Crippen LogP contribution in [-0.4, -0.2) is 35.1 Å². The van der Waals surface area contributed by atoms with Crippen molar-refractivity contribution < 1.29 is 9.59 Å². The molecular weight excluding hydrogens is 511 g/mol. The molecule has 190 valence electrons. The van der Waals surface area contributed by atoms with Gasteiger partial charge in [0.2, 0.25) is 11.8 Å². The van der Waals surface area contributed by atoms with Crippen LogP contribution in [0.25, 0.3) is 0 Å². The number of thioether (sulfide) groups is 1. The van der Waals surface area contributed by atoms with Crippen molar-refractivity contribution in [1.82, 2.24) is 10.2 Å². The Morgan fingerprint density at radius 2 is 1.56 bits per heavy atom. The fourth-order valence-electron chi connectivity index (χ4n) is 3.71. The molecule has 36 heavy (non-hydrogen) atoms. The largest absolute Gasteiger partial charge is 0.354 e. The summed E-state index contributed by atoms with van der Waals surface area (Å²) in [5, 5.41) is 4.30. The molecule has 1 N–H and O–H groups in total. The van der Waals surface area contributed by atoms with E-state index in [0.29, 0.717) is 34.7 Å².